The van der Waals surface area contributed by atoms with E-state index in [0.717, 1.165) is 16.5 Å². The molecule has 0 fully saturated rings. The van der Waals surface area contributed by atoms with Gasteiger partial charge in [0.2, 0.25) is 0 Å². The molecule has 0 aliphatic rings. The summed E-state index contributed by atoms with van der Waals surface area (Å²) in [7, 11) is 0. The van der Waals surface area contributed by atoms with Crippen molar-refractivity contribution in [2.24, 2.45) is 0 Å². The third kappa shape index (κ3) is 1.75. The Morgan fingerprint density at radius 1 is 1.41 bits per heavy atom. The van der Waals surface area contributed by atoms with E-state index >= 15 is 0 Å². The number of thiazole rings is 1. The van der Waals surface area contributed by atoms with Crippen molar-refractivity contribution in [3.63, 3.8) is 0 Å². The second-order valence-electron chi connectivity index (χ2n) is 3.96. The van der Waals surface area contributed by atoms with Crippen molar-refractivity contribution in [1.82, 2.24) is 4.98 Å². The van der Waals surface area contributed by atoms with Gasteiger partial charge in [0, 0.05) is 10.8 Å². The van der Waals surface area contributed by atoms with Crippen LogP contribution in [-0.2, 0) is 0 Å². The van der Waals surface area contributed by atoms with Gasteiger partial charge in [-0.05, 0) is 18.6 Å². The van der Waals surface area contributed by atoms with Crippen LogP contribution >= 0.6 is 11.3 Å². The molecule has 1 aromatic carbocycles. The molecule has 0 aliphatic carbocycles. The third-order valence-corrected chi connectivity index (χ3v) is 3.37. The van der Waals surface area contributed by atoms with Gasteiger partial charge in [0.1, 0.15) is 11.3 Å². The molecule has 0 saturated carbocycles. The Morgan fingerprint density at radius 2 is 2.29 bits per heavy atom. The number of para-hydroxylation sites is 1. The average molecular weight is 245 g/mol. The lowest BCUT2D eigenvalue weighted by Gasteiger charge is -2.02. The number of aliphatic hydroxyl groups is 1. The first-order chi connectivity index (χ1) is 8.25. The summed E-state index contributed by atoms with van der Waals surface area (Å²) < 4.78 is 5.70. The first-order valence-corrected chi connectivity index (χ1v) is 6.25. The summed E-state index contributed by atoms with van der Waals surface area (Å²) in [6.45, 7) is 1.99. The number of aryl methyl sites for hydroxylation is 1. The predicted molar refractivity (Wildman–Crippen MR) is 67.1 cm³/mol. The van der Waals surface area contributed by atoms with Crippen LogP contribution in [0.3, 0.4) is 0 Å². The molecule has 0 aliphatic heterocycles. The zero-order valence-corrected chi connectivity index (χ0v) is 10.1. The topological polar surface area (TPSA) is 46.3 Å². The molecule has 1 unspecified atom stereocenters. The number of furan rings is 1. The highest BCUT2D eigenvalue weighted by Crippen LogP contribution is 2.29. The van der Waals surface area contributed by atoms with Crippen LogP contribution < -0.4 is 0 Å². The lowest BCUT2D eigenvalue weighted by molar-refractivity contribution is 0.188. The molecular weight excluding hydrogens is 234 g/mol. The molecule has 3 nitrogen and oxygen atoms in total. The number of fused-ring (bicyclic) bond motifs is 1. The normalized spacial score (nSPS) is 13.1. The van der Waals surface area contributed by atoms with E-state index in [-0.39, 0.29) is 0 Å². The number of aromatic nitrogens is 1. The largest absolute Gasteiger partial charge is 0.458 e. The Kier molecular flexibility index (Phi) is 2.46. The van der Waals surface area contributed by atoms with Gasteiger partial charge in [0.25, 0.3) is 0 Å². The van der Waals surface area contributed by atoms with E-state index in [1.807, 2.05) is 36.6 Å². The maximum Gasteiger partial charge on any atom is 0.154 e. The smallest absolute Gasteiger partial charge is 0.154 e. The Hall–Kier alpha value is -1.65. The van der Waals surface area contributed by atoms with Gasteiger partial charge >= 0.3 is 0 Å². The fourth-order valence-corrected chi connectivity index (χ4v) is 2.44. The number of aliphatic hydroxyl groups excluding tert-OH is 1. The fraction of sp³-hybridized carbons (Fsp3) is 0.154. The quantitative estimate of drug-likeness (QED) is 0.753. The number of rotatable bonds is 2. The predicted octanol–water partition coefficient (Wildman–Crippen LogP) is 3.28. The molecule has 0 amide bonds. The molecule has 2 aromatic heterocycles. The van der Waals surface area contributed by atoms with E-state index in [1.165, 1.54) is 11.3 Å². The average Bonchev–Trinajstić information content (AvgIpc) is 2.98. The zero-order chi connectivity index (χ0) is 11.8. The summed E-state index contributed by atoms with van der Waals surface area (Å²) in [6, 6.07) is 7.81. The highest BCUT2D eigenvalue weighted by atomic mass is 32.1. The van der Waals surface area contributed by atoms with Gasteiger partial charge < -0.3 is 9.52 Å². The number of benzene rings is 1. The highest BCUT2D eigenvalue weighted by Gasteiger charge is 2.17. The van der Waals surface area contributed by atoms with Crippen LogP contribution in [-0.4, -0.2) is 10.1 Å². The summed E-state index contributed by atoms with van der Waals surface area (Å²) in [5, 5.41) is 13.0. The van der Waals surface area contributed by atoms with Crippen molar-refractivity contribution in [3.8, 4) is 0 Å². The number of hydrogen-bond donors (Lipinski definition) is 1. The van der Waals surface area contributed by atoms with Gasteiger partial charge in [-0.15, -0.1) is 11.3 Å². The Balaban J connectivity index is 2.10. The molecule has 0 saturated heterocycles. The number of hydrogen-bond acceptors (Lipinski definition) is 4. The van der Waals surface area contributed by atoms with Crippen LogP contribution in [0.25, 0.3) is 11.0 Å². The van der Waals surface area contributed by atoms with Crippen molar-refractivity contribution in [2.45, 2.75) is 13.0 Å². The summed E-state index contributed by atoms with van der Waals surface area (Å²) >= 11 is 1.46. The van der Waals surface area contributed by atoms with E-state index in [0.29, 0.717) is 11.5 Å². The molecule has 3 rings (SSSR count). The third-order valence-electron chi connectivity index (χ3n) is 2.76. The Labute approximate surface area is 102 Å². The minimum Gasteiger partial charge on any atom is -0.458 e. The standard InChI is InChI=1S/C13H11NO2S/c1-8-3-2-4-9-5-11(16-13(8)9)12(15)10-6-17-7-14-10/h2-7,12,15H,1H3. The van der Waals surface area contributed by atoms with Gasteiger partial charge in [-0.2, -0.15) is 0 Å². The molecule has 1 atom stereocenters. The van der Waals surface area contributed by atoms with Crippen molar-refractivity contribution in [1.29, 1.82) is 0 Å². The first-order valence-electron chi connectivity index (χ1n) is 5.31. The molecule has 0 bridgehead atoms. The second-order valence-corrected chi connectivity index (χ2v) is 4.68. The molecular formula is C13H11NO2S. The molecule has 17 heavy (non-hydrogen) atoms. The van der Waals surface area contributed by atoms with Gasteiger partial charge in [-0.1, -0.05) is 18.2 Å². The van der Waals surface area contributed by atoms with E-state index in [4.69, 9.17) is 4.42 Å². The summed E-state index contributed by atoms with van der Waals surface area (Å²) in [5.41, 5.74) is 4.23. The van der Waals surface area contributed by atoms with Crippen LogP contribution in [0.2, 0.25) is 0 Å². The summed E-state index contributed by atoms with van der Waals surface area (Å²) in [4.78, 5) is 4.09. The Bertz CT molecular complexity index is 643. The highest BCUT2D eigenvalue weighted by molar-refractivity contribution is 7.07. The maximum absolute atomic E-state index is 10.1. The maximum atomic E-state index is 10.1. The lowest BCUT2D eigenvalue weighted by Crippen LogP contribution is -1.97. The minimum atomic E-state index is -0.784. The second kappa shape index (κ2) is 3.98. The molecule has 2 heterocycles. The van der Waals surface area contributed by atoms with E-state index in [2.05, 4.69) is 4.98 Å². The van der Waals surface area contributed by atoms with Gasteiger partial charge in [-0.25, -0.2) is 4.98 Å². The van der Waals surface area contributed by atoms with Crippen molar-refractivity contribution in [2.75, 3.05) is 0 Å². The van der Waals surface area contributed by atoms with Crippen LogP contribution in [0.5, 0.6) is 0 Å². The first kappa shape index (κ1) is 10.5. The van der Waals surface area contributed by atoms with E-state index < -0.39 is 6.10 Å². The van der Waals surface area contributed by atoms with Crippen LogP contribution in [0.1, 0.15) is 23.1 Å². The van der Waals surface area contributed by atoms with Crippen LogP contribution in [0.4, 0.5) is 0 Å². The monoisotopic (exact) mass is 245 g/mol. The van der Waals surface area contributed by atoms with Gasteiger partial charge in [0.05, 0.1) is 11.2 Å². The number of nitrogens with zero attached hydrogens (tertiary/aromatic N) is 1. The molecule has 86 valence electrons. The minimum absolute atomic E-state index is 0.542. The van der Waals surface area contributed by atoms with Crippen molar-refractivity contribution in [3.05, 3.63) is 52.2 Å². The van der Waals surface area contributed by atoms with E-state index in [9.17, 15) is 5.11 Å². The SMILES string of the molecule is Cc1cccc2cc(C(O)c3cscn3)oc12. The zero-order valence-electron chi connectivity index (χ0n) is 9.25. The Morgan fingerprint density at radius 3 is 3.00 bits per heavy atom. The van der Waals surface area contributed by atoms with Crippen molar-refractivity contribution < 1.29 is 9.52 Å². The molecule has 0 spiro atoms. The van der Waals surface area contributed by atoms with Gasteiger partial charge in [-0.3, -0.25) is 0 Å². The lowest BCUT2D eigenvalue weighted by atomic mass is 10.1. The fourth-order valence-electron chi connectivity index (χ4n) is 1.87. The van der Waals surface area contributed by atoms with Crippen LogP contribution in [0.15, 0.2) is 39.6 Å². The summed E-state index contributed by atoms with van der Waals surface area (Å²) in [5.74, 6) is 0.542. The summed E-state index contributed by atoms with van der Waals surface area (Å²) in [6.07, 6.45) is -0.784. The van der Waals surface area contributed by atoms with Crippen LogP contribution in [0, 0.1) is 6.92 Å². The van der Waals surface area contributed by atoms with E-state index in [1.54, 1.807) is 5.51 Å². The van der Waals surface area contributed by atoms with Crippen molar-refractivity contribution >= 4 is 22.3 Å². The van der Waals surface area contributed by atoms with Gasteiger partial charge in [0.15, 0.2) is 6.10 Å². The molecule has 4 heteroatoms. The molecule has 1 N–H and O–H groups in total. The molecule has 3 aromatic rings. The molecule has 0 radical (unpaired) electrons.